The van der Waals surface area contributed by atoms with Crippen LogP contribution in [0.4, 0.5) is 18.0 Å². The maximum atomic E-state index is 13.6. The van der Waals surface area contributed by atoms with Gasteiger partial charge in [-0.1, -0.05) is 12.1 Å². The summed E-state index contributed by atoms with van der Waals surface area (Å²) in [4.78, 5) is 23.9. The van der Waals surface area contributed by atoms with E-state index in [2.05, 4.69) is 10.6 Å². The number of carbonyl (C=O) groups is 2. The first-order valence-corrected chi connectivity index (χ1v) is 9.87. The summed E-state index contributed by atoms with van der Waals surface area (Å²) in [7, 11) is 0. The van der Waals surface area contributed by atoms with Crippen molar-refractivity contribution in [1.29, 1.82) is 0 Å². The molecule has 5 rings (SSSR count). The van der Waals surface area contributed by atoms with E-state index in [1.165, 1.54) is 24.7 Å². The molecule has 0 unspecified atom stereocenters. The van der Waals surface area contributed by atoms with Crippen LogP contribution in [0.3, 0.4) is 0 Å². The van der Waals surface area contributed by atoms with Crippen molar-refractivity contribution >= 4 is 11.9 Å². The molecule has 4 saturated carbocycles. The predicted molar refractivity (Wildman–Crippen MR) is 97.1 cm³/mol. The molecule has 3 amide bonds. The first-order chi connectivity index (χ1) is 13.7. The third kappa shape index (κ3) is 4.05. The zero-order chi connectivity index (χ0) is 20.8. The van der Waals surface area contributed by atoms with Gasteiger partial charge >= 0.3 is 12.2 Å². The predicted octanol–water partition coefficient (Wildman–Crippen LogP) is 3.68. The minimum Gasteiger partial charge on any atom is -0.333 e. The van der Waals surface area contributed by atoms with Crippen LogP contribution < -0.4 is 16.1 Å². The Kier molecular flexibility index (Phi) is 4.96. The van der Waals surface area contributed by atoms with E-state index >= 15 is 0 Å². The Hall–Kier alpha value is -2.29. The Labute approximate surface area is 166 Å². The van der Waals surface area contributed by atoms with Gasteiger partial charge < -0.3 is 10.6 Å². The van der Waals surface area contributed by atoms with Gasteiger partial charge in [-0.2, -0.15) is 13.2 Å². The van der Waals surface area contributed by atoms with Crippen LogP contribution in [0.25, 0.3) is 0 Å². The summed E-state index contributed by atoms with van der Waals surface area (Å²) in [5.74, 6) is 0.855. The van der Waals surface area contributed by atoms with Gasteiger partial charge in [-0.3, -0.25) is 10.0 Å². The summed E-state index contributed by atoms with van der Waals surface area (Å²) >= 11 is 0. The maximum Gasteiger partial charge on any atom is 0.412 e. The highest BCUT2D eigenvalue weighted by atomic mass is 19.4. The largest absolute Gasteiger partial charge is 0.412 e. The van der Waals surface area contributed by atoms with E-state index < -0.39 is 29.7 Å². The fourth-order valence-corrected chi connectivity index (χ4v) is 5.92. The average molecular weight is 411 g/mol. The van der Waals surface area contributed by atoms with E-state index in [0.717, 1.165) is 43.5 Å². The zero-order valence-electron chi connectivity index (χ0n) is 15.8. The third-order valence-corrected chi connectivity index (χ3v) is 6.63. The molecule has 1 aromatic carbocycles. The molecule has 4 N–H and O–H groups in total. The van der Waals surface area contributed by atoms with Gasteiger partial charge in [-0.25, -0.2) is 10.3 Å². The van der Waals surface area contributed by atoms with Gasteiger partial charge in [-0.05, 0) is 74.0 Å². The fraction of sp³-hybridized carbons (Fsp3) is 0.600. The van der Waals surface area contributed by atoms with Crippen molar-refractivity contribution in [2.75, 3.05) is 0 Å². The molecule has 6 nitrogen and oxygen atoms in total. The van der Waals surface area contributed by atoms with Crippen LogP contribution in [-0.2, 0) is 0 Å². The van der Waals surface area contributed by atoms with Crippen molar-refractivity contribution in [3.05, 3.63) is 35.4 Å². The molecule has 4 bridgehead atoms. The number of carbonyl (C=O) groups excluding carboxylic acids is 2. The third-order valence-electron chi connectivity index (χ3n) is 6.63. The monoisotopic (exact) mass is 411 g/mol. The van der Waals surface area contributed by atoms with Crippen LogP contribution in [0.1, 0.15) is 60.5 Å². The summed E-state index contributed by atoms with van der Waals surface area (Å²) in [6, 6.07) is 1.56. The number of hydrogen-bond acceptors (Lipinski definition) is 3. The first kappa shape index (κ1) is 20.0. The van der Waals surface area contributed by atoms with Crippen LogP contribution in [0.2, 0.25) is 0 Å². The second kappa shape index (κ2) is 7.19. The lowest BCUT2D eigenvalue weighted by Crippen LogP contribution is -2.62. The molecule has 0 radical (unpaired) electrons. The second-order valence-corrected chi connectivity index (χ2v) is 8.83. The molecule has 158 valence electrons. The quantitative estimate of drug-likeness (QED) is 0.450. The molecular formula is C20H24F3N3O3. The molecule has 0 heterocycles. The zero-order valence-corrected chi connectivity index (χ0v) is 15.8. The van der Waals surface area contributed by atoms with Gasteiger partial charge in [0.2, 0.25) is 0 Å². The van der Waals surface area contributed by atoms with Gasteiger partial charge in [0.15, 0.2) is 6.04 Å². The topological polar surface area (TPSA) is 90.5 Å². The highest BCUT2D eigenvalue weighted by molar-refractivity contribution is 5.93. The smallest absolute Gasteiger partial charge is 0.333 e. The van der Waals surface area contributed by atoms with E-state index in [-0.39, 0.29) is 11.1 Å². The number of alkyl halides is 3. The Morgan fingerprint density at radius 1 is 1.00 bits per heavy atom. The van der Waals surface area contributed by atoms with Crippen LogP contribution in [0, 0.1) is 17.8 Å². The van der Waals surface area contributed by atoms with Crippen molar-refractivity contribution in [3.63, 3.8) is 0 Å². The summed E-state index contributed by atoms with van der Waals surface area (Å²) in [6.07, 6.45) is 1.33. The normalized spacial score (nSPS) is 31.2. The number of urea groups is 1. The van der Waals surface area contributed by atoms with Crippen molar-refractivity contribution < 1.29 is 28.0 Å². The van der Waals surface area contributed by atoms with Crippen molar-refractivity contribution in [1.82, 2.24) is 16.1 Å². The lowest BCUT2D eigenvalue weighted by Gasteiger charge is -2.56. The lowest BCUT2D eigenvalue weighted by molar-refractivity contribution is -0.155. The molecule has 0 spiro atoms. The van der Waals surface area contributed by atoms with Crippen molar-refractivity contribution in [3.8, 4) is 0 Å². The molecule has 1 aromatic rings. The standard InChI is InChI=1S/C20H24F3N3O3/c21-20(22,23)16(14-1-3-15(4-2-14)17(27)26-29)24-18(28)25-19-8-11-5-12(9-19)7-13(6-11)10-19/h1-4,11-13,16,29H,5-10H2,(H,26,27)(H2,24,25,28)/t11?,12?,13?,16-,19?/m1/s1. The number of amides is 3. The van der Waals surface area contributed by atoms with Gasteiger partial charge in [-0.15, -0.1) is 0 Å². The second-order valence-electron chi connectivity index (χ2n) is 8.83. The molecule has 4 aliphatic carbocycles. The SMILES string of the molecule is O=C(N[C@H](c1ccc(C(=O)NO)cc1)C(F)(F)F)NC12CC3CC(CC(C3)C1)C2. The Morgan fingerprint density at radius 3 is 1.97 bits per heavy atom. The number of nitrogens with one attached hydrogen (secondary N) is 3. The highest BCUT2D eigenvalue weighted by Crippen LogP contribution is 2.55. The molecule has 29 heavy (non-hydrogen) atoms. The number of hydroxylamine groups is 1. The average Bonchev–Trinajstić information content (AvgIpc) is 2.63. The van der Waals surface area contributed by atoms with Gasteiger partial charge in [0.1, 0.15) is 0 Å². The molecule has 4 aliphatic rings. The number of rotatable bonds is 4. The summed E-state index contributed by atoms with van der Waals surface area (Å²) in [5.41, 5.74) is 0.855. The molecule has 0 aromatic heterocycles. The van der Waals surface area contributed by atoms with E-state index in [9.17, 15) is 22.8 Å². The molecular weight excluding hydrogens is 387 g/mol. The molecule has 1 atom stereocenters. The van der Waals surface area contributed by atoms with E-state index in [0.29, 0.717) is 17.8 Å². The maximum absolute atomic E-state index is 13.6. The Bertz CT molecular complexity index is 759. The van der Waals surface area contributed by atoms with Gasteiger partial charge in [0.25, 0.3) is 5.91 Å². The summed E-state index contributed by atoms with van der Waals surface area (Å²) in [6.45, 7) is 0. The molecule has 9 heteroatoms. The molecule has 0 aliphatic heterocycles. The number of halogens is 3. The van der Waals surface area contributed by atoms with Crippen LogP contribution in [-0.4, -0.2) is 28.9 Å². The van der Waals surface area contributed by atoms with E-state index in [4.69, 9.17) is 5.21 Å². The van der Waals surface area contributed by atoms with E-state index in [1.807, 2.05) is 0 Å². The molecule has 4 fully saturated rings. The van der Waals surface area contributed by atoms with Gasteiger partial charge in [0, 0.05) is 11.1 Å². The Balaban J connectivity index is 1.47. The first-order valence-electron chi connectivity index (χ1n) is 9.87. The summed E-state index contributed by atoms with van der Waals surface area (Å²) < 4.78 is 40.9. The highest BCUT2D eigenvalue weighted by Gasteiger charge is 2.52. The Morgan fingerprint density at radius 2 is 1.52 bits per heavy atom. The van der Waals surface area contributed by atoms with Crippen LogP contribution >= 0.6 is 0 Å². The van der Waals surface area contributed by atoms with E-state index in [1.54, 1.807) is 0 Å². The van der Waals surface area contributed by atoms with Crippen LogP contribution in [0.15, 0.2) is 24.3 Å². The van der Waals surface area contributed by atoms with Crippen molar-refractivity contribution in [2.45, 2.75) is 56.3 Å². The van der Waals surface area contributed by atoms with Gasteiger partial charge in [0.05, 0.1) is 0 Å². The number of hydrogen-bond donors (Lipinski definition) is 4. The lowest BCUT2D eigenvalue weighted by atomic mass is 9.53. The van der Waals surface area contributed by atoms with Crippen molar-refractivity contribution in [2.24, 2.45) is 17.8 Å². The fourth-order valence-electron chi connectivity index (χ4n) is 5.92. The minimum atomic E-state index is -4.69. The number of benzene rings is 1. The molecule has 0 saturated heterocycles. The summed E-state index contributed by atoms with van der Waals surface area (Å²) in [5, 5.41) is 13.6. The van der Waals surface area contributed by atoms with Crippen LogP contribution in [0.5, 0.6) is 0 Å². The minimum absolute atomic E-state index is 0.00944.